The third-order valence-corrected chi connectivity index (χ3v) is 0. The van der Waals surface area contributed by atoms with E-state index in [0.717, 1.165) is 0 Å². The van der Waals surface area contributed by atoms with Gasteiger partial charge < -0.3 is 22.6 Å². The molecule has 0 aliphatic carbocycles. The van der Waals surface area contributed by atoms with Crippen LogP contribution in [0, 0.1) is 0 Å². The van der Waals surface area contributed by atoms with Gasteiger partial charge in [0.25, 0.3) is 0 Å². The van der Waals surface area contributed by atoms with Crippen molar-refractivity contribution in [2.75, 3.05) is 0 Å². The van der Waals surface area contributed by atoms with Crippen molar-refractivity contribution in [3.8, 4) is 0 Å². The van der Waals surface area contributed by atoms with E-state index in [-0.39, 0.29) is 39.6 Å². The van der Waals surface area contributed by atoms with Gasteiger partial charge in [-0.25, -0.2) is 0 Å². The smallest absolute Gasteiger partial charge is 0.114 e. The van der Waals surface area contributed by atoms with Crippen molar-refractivity contribution in [3.63, 3.8) is 0 Å². The second kappa shape index (κ2) is 465. The zero-order valence-electron chi connectivity index (χ0n) is 2.62. The molecular formula is H10BrNO3. The predicted octanol–water partition coefficient (Wildman–Crippen LogP) is -1.73. The number of hydrogen-bond donors (Lipinski definition) is 1. The van der Waals surface area contributed by atoms with Crippen LogP contribution < -0.4 is 6.15 Å². The van der Waals surface area contributed by atoms with Gasteiger partial charge in [-0.2, -0.15) is 0 Å². The molecular weight excluding hydrogens is 142 g/mol. The molecule has 0 amide bonds. The quantitative estimate of drug-likeness (QED) is 0.434. The summed E-state index contributed by atoms with van der Waals surface area (Å²) in [4.78, 5) is 0. The van der Waals surface area contributed by atoms with Gasteiger partial charge in [-0.15, -0.1) is 17.0 Å². The molecule has 5 heavy (non-hydrogen) atoms. The highest BCUT2D eigenvalue weighted by molar-refractivity contribution is 8.93. The topological polar surface area (TPSA) is 130 Å². The maximum absolute atomic E-state index is 0. The van der Waals surface area contributed by atoms with E-state index in [0.29, 0.717) is 0 Å². The average Bonchev–Trinajstić information content (AvgIpc) is 0. The molecule has 0 saturated carbocycles. The SMILES string of the molecule is Br.N.O.O.O. The van der Waals surface area contributed by atoms with Crippen LogP contribution in [0.15, 0.2) is 0 Å². The number of halogens is 1. The van der Waals surface area contributed by atoms with Crippen LogP contribution >= 0.6 is 17.0 Å². The van der Waals surface area contributed by atoms with Gasteiger partial charge in [-0.1, -0.05) is 0 Å². The number of hydrogen-bond acceptors (Lipinski definition) is 1. The monoisotopic (exact) mass is 151 g/mol. The van der Waals surface area contributed by atoms with Crippen molar-refractivity contribution in [1.82, 2.24) is 6.15 Å². The molecule has 0 saturated heterocycles. The Labute approximate surface area is 40.5 Å². The Bertz CT molecular complexity index is 6.85. The Morgan fingerprint density at radius 1 is 0.600 bits per heavy atom. The summed E-state index contributed by atoms with van der Waals surface area (Å²) in [6.45, 7) is 0. The lowest BCUT2D eigenvalue weighted by molar-refractivity contribution is 0.823. The van der Waals surface area contributed by atoms with E-state index >= 15 is 0 Å². The molecule has 0 heterocycles. The Morgan fingerprint density at radius 3 is 0.600 bits per heavy atom. The first-order valence-corrected chi connectivity index (χ1v) is 0. The van der Waals surface area contributed by atoms with Crippen LogP contribution in [0.5, 0.6) is 0 Å². The van der Waals surface area contributed by atoms with Crippen molar-refractivity contribution in [3.05, 3.63) is 0 Å². The van der Waals surface area contributed by atoms with E-state index in [2.05, 4.69) is 0 Å². The second-order valence-electron chi connectivity index (χ2n) is 0. The Balaban J connectivity index is 0. The lowest BCUT2D eigenvalue weighted by Gasteiger charge is -0.413. The average molecular weight is 152 g/mol. The first-order chi connectivity index (χ1) is 0. The molecule has 40 valence electrons. The fraction of sp³-hybridized carbons (Fsp3) is 0. The lowest BCUT2D eigenvalue weighted by Crippen LogP contribution is -0.481. The van der Waals surface area contributed by atoms with E-state index in [1.165, 1.54) is 0 Å². The van der Waals surface area contributed by atoms with Crippen LogP contribution in [-0.2, 0) is 0 Å². The van der Waals surface area contributed by atoms with Crippen LogP contribution in [0.2, 0.25) is 0 Å². The normalized spacial score (nSPS) is 0. The summed E-state index contributed by atoms with van der Waals surface area (Å²) in [6.07, 6.45) is 0. The predicted molar refractivity (Wildman–Crippen MR) is 26.2 cm³/mol. The van der Waals surface area contributed by atoms with Gasteiger partial charge in [0.2, 0.25) is 0 Å². The highest BCUT2D eigenvalue weighted by atomic mass is 79.9. The molecule has 0 aromatic rings. The van der Waals surface area contributed by atoms with Crippen molar-refractivity contribution < 1.29 is 16.4 Å². The van der Waals surface area contributed by atoms with E-state index in [9.17, 15) is 0 Å². The van der Waals surface area contributed by atoms with Gasteiger partial charge in [-0.05, 0) is 0 Å². The Hall–Kier alpha value is 0.320. The molecule has 4 nitrogen and oxygen atoms in total. The van der Waals surface area contributed by atoms with E-state index in [1.807, 2.05) is 0 Å². The van der Waals surface area contributed by atoms with Crippen LogP contribution in [-0.4, -0.2) is 16.4 Å². The summed E-state index contributed by atoms with van der Waals surface area (Å²) in [5.41, 5.74) is 0. The lowest BCUT2D eigenvalue weighted by atomic mass is 14.0. The summed E-state index contributed by atoms with van der Waals surface area (Å²) in [7, 11) is 0. The molecule has 0 radical (unpaired) electrons. The summed E-state index contributed by atoms with van der Waals surface area (Å²) in [5.74, 6) is 0. The van der Waals surface area contributed by atoms with Crippen LogP contribution in [0.4, 0.5) is 0 Å². The minimum atomic E-state index is 0. The van der Waals surface area contributed by atoms with Crippen LogP contribution in [0.25, 0.3) is 0 Å². The summed E-state index contributed by atoms with van der Waals surface area (Å²) in [6, 6.07) is 0. The molecule has 0 unspecified atom stereocenters. The first-order valence-electron chi connectivity index (χ1n) is 0. The van der Waals surface area contributed by atoms with Crippen molar-refractivity contribution in [1.29, 1.82) is 0 Å². The van der Waals surface area contributed by atoms with Gasteiger partial charge in [0, 0.05) is 0 Å². The Morgan fingerprint density at radius 2 is 0.600 bits per heavy atom. The van der Waals surface area contributed by atoms with Crippen molar-refractivity contribution >= 4 is 17.0 Å². The summed E-state index contributed by atoms with van der Waals surface area (Å²) < 4.78 is 0. The molecule has 0 aromatic carbocycles. The van der Waals surface area contributed by atoms with E-state index in [4.69, 9.17) is 0 Å². The molecule has 0 fully saturated rings. The van der Waals surface area contributed by atoms with E-state index in [1.54, 1.807) is 0 Å². The molecule has 5 heteroatoms. The fourth-order valence-corrected chi connectivity index (χ4v) is 0. The molecule has 0 aromatic heterocycles. The molecule has 0 aliphatic rings. The summed E-state index contributed by atoms with van der Waals surface area (Å²) >= 11 is 0. The fourth-order valence-electron chi connectivity index (χ4n) is 0. The van der Waals surface area contributed by atoms with Crippen molar-refractivity contribution in [2.24, 2.45) is 0 Å². The van der Waals surface area contributed by atoms with Crippen LogP contribution in [0.3, 0.4) is 0 Å². The molecule has 0 atom stereocenters. The van der Waals surface area contributed by atoms with Gasteiger partial charge >= 0.3 is 0 Å². The minimum Gasteiger partial charge on any atom is -0.412 e. The zero-order valence-corrected chi connectivity index (χ0v) is 4.33. The molecule has 9 N–H and O–H groups in total. The third kappa shape index (κ3) is 227. The Kier molecular flexibility index (Phi) is 90200. The molecule has 0 bridgehead atoms. The highest BCUT2D eigenvalue weighted by Crippen LogP contribution is 0.846. The van der Waals surface area contributed by atoms with Gasteiger partial charge in [0.15, 0.2) is 0 Å². The van der Waals surface area contributed by atoms with Crippen LogP contribution in [0.1, 0.15) is 0 Å². The first kappa shape index (κ1) is 970. The molecule has 0 aliphatic heterocycles. The largest absolute Gasteiger partial charge is 0.412 e. The van der Waals surface area contributed by atoms with E-state index < -0.39 is 0 Å². The zero-order chi connectivity index (χ0) is 0. The molecule has 0 spiro atoms. The van der Waals surface area contributed by atoms with Crippen molar-refractivity contribution in [2.45, 2.75) is 0 Å². The number of rotatable bonds is 0. The highest BCUT2D eigenvalue weighted by Gasteiger charge is -0.114. The van der Waals surface area contributed by atoms with Gasteiger partial charge in [0.05, 0.1) is 0 Å². The van der Waals surface area contributed by atoms with Gasteiger partial charge in [-0.3, -0.25) is 0 Å². The minimum absolute atomic E-state index is 0. The van der Waals surface area contributed by atoms with Gasteiger partial charge in [0.1, 0.15) is 0 Å². The maximum atomic E-state index is 0. The third-order valence-electron chi connectivity index (χ3n) is 0. The second-order valence-corrected chi connectivity index (χ2v) is 0. The standard InChI is InChI=1S/BrH.H3N.3H2O/h1H;1H3;3*1H2. The summed E-state index contributed by atoms with van der Waals surface area (Å²) in [5, 5.41) is 0. The maximum Gasteiger partial charge on any atom is -0.114 e. The molecule has 0 rings (SSSR count).